The van der Waals surface area contributed by atoms with Crippen LogP contribution in [0.1, 0.15) is 27.5 Å². The average Bonchev–Trinajstić information content (AvgIpc) is 3.19. The molecule has 0 aliphatic carbocycles. The lowest BCUT2D eigenvalue weighted by molar-refractivity contribution is -0.137. The van der Waals surface area contributed by atoms with E-state index in [2.05, 4.69) is 20.8 Å². The molecule has 1 aliphatic heterocycles. The molecule has 1 aromatic heterocycles. The number of alkyl halides is 3. The Kier molecular flexibility index (Phi) is 5.73. The summed E-state index contributed by atoms with van der Waals surface area (Å²) in [7, 11) is 0. The van der Waals surface area contributed by atoms with Crippen molar-refractivity contribution in [3.63, 3.8) is 0 Å². The molecule has 9 nitrogen and oxygen atoms in total. The fourth-order valence-electron chi connectivity index (χ4n) is 3.18. The number of nitrogens with one attached hydrogen (secondary N) is 2. The van der Waals surface area contributed by atoms with Crippen molar-refractivity contribution in [2.45, 2.75) is 12.2 Å². The van der Waals surface area contributed by atoms with Crippen molar-refractivity contribution in [3.8, 4) is 0 Å². The Labute approximate surface area is 185 Å². The van der Waals surface area contributed by atoms with Crippen molar-refractivity contribution in [3.05, 3.63) is 77.5 Å². The number of amides is 2. The number of carbonyl (C=O) groups excluding carboxylic acids is 2. The van der Waals surface area contributed by atoms with Gasteiger partial charge in [0.05, 0.1) is 23.8 Å². The van der Waals surface area contributed by atoms with Gasteiger partial charge >= 0.3 is 18.2 Å². The van der Waals surface area contributed by atoms with Gasteiger partial charge < -0.3 is 15.9 Å². The smallest absolute Gasteiger partial charge is 0.383 e. The van der Waals surface area contributed by atoms with Crippen LogP contribution in [-0.2, 0) is 11.0 Å². The molecule has 1 fully saturated rings. The van der Waals surface area contributed by atoms with Gasteiger partial charge in [-0.25, -0.2) is 20.1 Å². The van der Waals surface area contributed by atoms with E-state index in [0.717, 1.165) is 30.0 Å². The Morgan fingerprint density at radius 2 is 1.94 bits per heavy atom. The van der Waals surface area contributed by atoms with E-state index in [9.17, 15) is 22.8 Å². The second-order valence-corrected chi connectivity index (χ2v) is 7.06. The number of nitrogen functional groups attached to an aromatic ring is 1. The highest BCUT2D eigenvalue weighted by atomic mass is 19.4. The summed E-state index contributed by atoms with van der Waals surface area (Å²) in [5.41, 5.74) is 7.68. The number of hydrogen-bond donors (Lipinski definition) is 3. The van der Waals surface area contributed by atoms with E-state index in [-0.39, 0.29) is 35.6 Å². The lowest BCUT2D eigenvalue weighted by atomic mass is 10.1. The van der Waals surface area contributed by atoms with Gasteiger partial charge in [-0.15, -0.1) is 0 Å². The van der Waals surface area contributed by atoms with Crippen molar-refractivity contribution in [2.24, 2.45) is 0 Å². The molecule has 0 radical (unpaired) electrons. The first-order valence-electron chi connectivity index (χ1n) is 9.62. The van der Waals surface area contributed by atoms with E-state index >= 15 is 0 Å². The number of halogens is 3. The highest BCUT2D eigenvalue weighted by Gasteiger charge is 2.33. The van der Waals surface area contributed by atoms with E-state index < -0.39 is 23.7 Å². The third-order valence-corrected chi connectivity index (χ3v) is 4.83. The third-order valence-electron chi connectivity index (χ3n) is 4.83. The van der Waals surface area contributed by atoms with E-state index in [1.54, 1.807) is 0 Å². The second kappa shape index (κ2) is 8.65. The molecule has 0 bridgehead atoms. The fraction of sp³-hybridized carbons (Fsp3) is 0.143. The molecule has 1 atom stereocenters. The van der Waals surface area contributed by atoms with Gasteiger partial charge in [0.25, 0.3) is 0 Å². The first kappa shape index (κ1) is 21.9. The maximum Gasteiger partial charge on any atom is 0.416 e. The Hall–Kier alpha value is -4.35. The zero-order valence-electron chi connectivity index (χ0n) is 16.8. The molecule has 12 heteroatoms. The van der Waals surface area contributed by atoms with Crippen molar-refractivity contribution < 1.29 is 27.6 Å². The van der Waals surface area contributed by atoms with E-state index in [0.29, 0.717) is 0 Å². The number of nitrogens with two attached hydrogens (primary N) is 1. The number of rotatable bonds is 5. The molecule has 170 valence electrons. The lowest BCUT2D eigenvalue weighted by Gasteiger charge is -2.14. The molecule has 4 N–H and O–H groups in total. The molecule has 1 aliphatic rings. The summed E-state index contributed by atoms with van der Waals surface area (Å²) in [6, 6.07) is 12.7. The van der Waals surface area contributed by atoms with Crippen LogP contribution in [0, 0.1) is 0 Å². The lowest BCUT2D eigenvalue weighted by Crippen LogP contribution is -2.30. The van der Waals surface area contributed by atoms with Gasteiger partial charge in [0.1, 0.15) is 11.4 Å². The quantitative estimate of drug-likeness (QED) is 0.500. The molecule has 3 aromatic rings. The van der Waals surface area contributed by atoms with E-state index in [1.807, 2.05) is 30.3 Å². The molecular formula is C21H17F3N6O3. The van der Waals surface area contributed by atoms with Crippen LogP contribution < -0.4 is 21.4 Å². The maximum absolute atomic E-state index is 12.8. The molecular weight excluding hydrogens is 441 g/mol. The first-order valence-corrected chi connectivity index (χ1v) is 9.62. The standard InChI is InChI=1S/C21H17F3N6O3/c22-21(23,24)13-7-4-8-14(9-13)29-33-18(31)15-10-26-19(28-17(15)25)30-11-16(27-20(30)32)12-5-2-1-3-6-12/h1-10,16,29H,11H2,(H,27,32)(H2,25,26,28). The van der Waals surface area contributed by atoms with Gasteiger partial charge in [-0.05, 0) is 23.8 Å². The van der Waals surface area contributed by atoms with Crippen molar-refractivity contribution >= 4 is 29.5 Å². The molecule has 4 rings (SSSR count). The SMILES string of the molecule is Nc1nc(N2CC(c3ccccc3)NC2=O)ncc1C(=O)ONc1cccc(C(F)(F)F)c1. The molecule has 2 aromatic carbocycles. The maximum atomic E-state index is 12.8. The van der Waals surface area contributed by atoms with Gasteiger partial charge in [-0.3, -0.25) is 4.90 Å². The van der Waals surface area contributed by atoms with Crippen LogP contribution >= 0.6 is 0 Å². The molecule has 33 heavy (non-hydrogen) atoms. The topological polar surface area (TPSA) is 122 Å². The number of carbonyl (C=O) groups is 2. The molecule has 0 saturated carbocycles. The van der Waals surface area contributed by atoms with Gasteiger partial charge in [0.15, 0.2) is 0 Å². The van der Waals surface area contributed by atoms with Crippen LogP contribution in [0.5, 0.6) is 0 Å². The average molecular weight is 458 g/mol. The third kappa shape index (κ3) is 4.79. The zero-order valence-corrected chi connectivity index (χ0v) is 16.8. The minimum atomic E-state index is -4.54. The minimum Gasteiger partial charge on any atom is -0.383 e. The number of anilines is 3. The Morgan fingerprint density at radius 3 is 2.64 bits per heavy atom. The Bertz CT molecular complexity index is 1190. The van der Waals surface area contributed by atoms with Crippen LogP contribution in [-0.4, -0.2) is 28.5 Å². The summed E-state index contributed by atoms with van der Waals surface area (Å²) in [4.78, 5) is 38.8. The van der Waals surface area contributed by atoms with Gasteiger partial charge in [0.2, 0.25) is 5.95 Å². The van der Waals surface area contributed by atoms with Gasteiger partial charge in [-0.2, -0.15) is 18.2 Å². The number of nitrogens with zero attached hydrogens (tertiary/aromatic N) is 3. The first-order chi connectivity index (χ1) is 15.7. The molecule has 0 spiro atoms. The number of benzene rings is 2. The summed E-state index contributed by atoms with van der Waals surface area (Å²) in [6.45, 7) is 0.253. The Balaban J connectivity index is 1.43. The van der Waals surface area contributed by atoms with Gasteiger partial charge in [-0.1, -0.05) is 36.4 Å². The number of hydrogen-bond acceptors (Lipinski definition) is 7. The van der Waals surface area contributed by atoms with Crippen LogP contribution in [0.15, 0.2) is 60.8 Å². The summed E-state index contributed by atoms with van der Waals surface area (Å²) in [5.74, 6) is -1.28. The fourth-order valence-corrected chi connectivity index (χ4v) is 3.18. The van der Waals surface area contributed by atoms with Crippen molar-refractivity contribution in [1.82, 2.24) is 15.3 Å². The normalized spacial score (nSPS) is 15.8. The second-order valence-electron chi connectivity index (χ2n) is 7.06. The molecule has 2 amide bonds. The van der Waals surface area contributed by atoms with Crippen molar-refractivity contribution in [2.75, 3.05) is 22.7 Å². The highest BCUT2D eigenvalue weighted by Crippen LogP contribution is 2.31. The number of urea groups is 1. The van der Waals surface area contributed by atoms with Gasteiger partial charge in [0, 0.05) is 6.20 Å². The predicted octanol–water partition coefficient (Wildman–Crippen LogP) is 3.53. The molecule has 1 unspecified atom stereocenters. The van der Waals surface area contributed by atoms with Crippen molar-refractivity contribution in [1.29, 1.82) is 0 Å². The monoisotopic (exact) mass is 458 g/mol. The summed E-state index contributed by atoms with van der Waals surface area (Å²) in [5, 5.41) is 2.81. The highest BCUT2D eigenvalue weighted by molar-refractivity contribution is 5.96. The Morgan fingerprint density at radius 1 is 1.18 bits per heavy atom. The van der Waals surface area contributed by atoms with Crippen LogP contribution in [0.3, 0.4) is 0 Å². The predicted molar refractivity (Wildman–Crippen MR) is 112 cm³/mol. The number of aromatic nitrogens is 2. The van der Waals surface area contributed by atoms with E-state index in [1.165, 1.54) is 11.0 Å². The van der Waals surface area contributed by atoms with Crippen LogP contribution in [0.4, 0.5) is 35.4 Å². The molecule has 1 saturated heterocycles. The van der Waals surface area contributed by atoms with Crippen LogP contribution in [0.2, 0.25) is 0 Å². The zero-order chi connectivity index (χ0) is 23.6. The summed E-state index contributed by atoms with van der Waals surface area (Å²) >= 11 is 0. The summed E-state index contributed by atoms with van der Waals surface area (Å²) in [6.07, 6.45) is -3.46. The van der Waals surface area contributed by atoms with E-state index in [4.69, 9.17) is 10.6 Å². The summed E-state index contributed by atoms with van der Waals surface area (Å²) < 4.78 is 38.4. The largest absolute Gasteiger partial charge is 0.416 e. The van der Waals surface area contributed by atoms with Crippen LogP contribution in [0.25, 0.3) is 0 Å². The molecule has 2 heterocycles. The minimum absolute atomic E-state index is 0.00850.